The van der Waals surface area contributed by atoms with Gasteiger partial charge in [0.2, 0.25) is 0 Å². The number of halogens is 1. The van der Waals surface area contributed by atoms with Crippen molar-refractivity contribution in [2.24, 2.45) is 0 Å². The Hall–Kier alpha value is -2.01. The van der Waals surface area contributed by atoms with Crippen molar-refractivity contribution in [1.29, 1.82) is 0 Å². The van der Waals surface area contributed by atoms with Gasteiger partial charge in [0, 0.05) is 19.2 Å². The lowest BCUT2D eigenvalue weighted by molar-refractivity contribution is 0.0784. The van der Waals surface area contributed by atoms with Gasteiger partial charge in [-0.15, -0.1) is 0 Å². The molecule has 5 heteroatoms. The van der Waals surface area contributed by atoms with E-state index in [-0.39, 0.29) is 5.91 Å². The Labute approximate surface area is 138 Å². The Morgan fingerprint density at radius 2 is 1.64 bits per heavy atom. The average molecular weight is 364 g/mol. The zero-order valence-electron chi connectivity index (χ0n) is 12.8. The molecule has 0 radical (unpaired) electrons. The fourth-order valence-electron chi connectivity index (χ4n) is 2.14. The first kappa shape index (κ1) is 16.4. The van der Waals surface area contributed by atoms with Crippen molar-refractivity contribution in [2.75, 3.05) is 21.3 Å². The van der Waals surface area contributed by atoms with E-state index in [9.17, 15) is 4.79 Å². The first-order valence-electron chi connectivity index (χ1n) is 6.77. The molecule has 0 spiro atoms. The van der Waals surface area contributed by atoms with Crippen LogP contribution in [-0.4, -0.2) is 32.1 Å². The second-order valence-corrected chi connectivity index (χ2v) is 5.63. The van der Waals surface area contributed by atoms with Crippen LogP contribution in [0, 0.1) is 0 Å². The Kier molecular flexibility index (Phi) is 5.44. The molecule has 2 aromatic rings. The van der Waals surface area contributed by atoms with Gasteiger partial charge in [-0.1, -0.05) is 30.3 Å². The summed E-state index contributed by atoms with van der Waals surface area (Å²) in [6.45, 7) is 0.542. The zero-order chi connectivity index (χ0) is 16.1. The fourth-order valence-corrected chi connectivity index (χ4v) is 2.69. The van der Waals surface area contributed by atoms with E-state index in [1.54, 1.807) is 38.3 Å². The van der Waals surface area contributed by atoms with E-state index in [4.69, 9.17) is 9.47 Å². The lowest BCUT2D eigenvalue weighted by Crippen LogP contribution is -2.26. The van der Waals surface area contributed by atoms with E-state index >= 15 is 0 Å². The third kappa shape index (κ3) is 3.60. The van der Waals surface area contributed by atoms with E-state index in [0.717, 1.165) is 5.56 Å². The zero-order valence-corrected chi connectivity index (χ0v) is 14.4. The van der Waals surface area contributed by atoms with Crippen molar-refractivity contribution in [2.45, 2.75) is 6.54 Å². The van der Waals surface area contributed by atoms with Crippen molar-refractivity contribution in [1.82, 2.24) is 4.90 Å². The van der Waals surface area contributed by atoms with E-state index < -0.39 is 0 Å². The van der Waals surface area contributed by atoms with Gasteiger partial charge in [-0.3, -0.25) is 4.79 Å². The number of hydrogen-bond acceptors (Lipinski definition) is 3. The van der Waals surface area contributed by atoms with Crippen molar-refractivity contribution in [3.63, 3.8) is 0 Å². The lowest BCUT2D eigenvalue weighted by Gasteiger charge is -2.19. The molecule has 0 aliphatic rings. The van der Waals surface area contributed by atoms with E-state index in [2.05, 4.69) is 15.9 Å². The number of carbonyl (C=O) groups excluding carboxylic acids is 1. The Balaban J connectivity index is 2.25. The minimum absolute atomic E-state index is 0.0899. The summed E-state index contributed by atoms with van der Waals surface area (Å²) in [6, 6.07) is 13.3. The molecule has 0 aliphatic carbocycles. The first-order chi connectivity index (χ1) is 10.6. The highest BCUT2D eigenvalue weighted by Gasteiger charge is 2.17. The number of methoxy groups -OCH3 is 2. The molecule has 2 rings (SSSR count). The number of rotatable bonds is 5. The number of carbonyl (C=O) groups is 1. The summed E-state index contributed by atoms with van der Waals surface area (Å²) in [5, 5.41) is 0. The summed E-state index contributed by atoms with van der Waals surface area (Å²) in [7, 11) is 4.89. The summed E-state index contributed by atoms with van der Waals surface area (Å²) in [4.78, 5) is 14.3. The van der Waals surface area contributed by atoms with Crippen LogP contribution in [0.3, 0.4) is 0 Å². The van der Waals surface area contributed by atoms with Gasteiger partial charge in [-0.25, -0.2) is 0 Å². The third-order valence-corrected chi connectivity index (χ3v) is 4.08. The molecule has 0 saturated heterocycles. The van der Waals surface area contributed by atoms with Crippen LogP contribution in [0.5, 0.6) is 11.5 Å². The molecule has 2 aromatic carbocycles. The molecular formula is C17H18BrNO3. The van der Waals surface area contributed by atoms with Crippen molar-refractivity contribution in [3.05, 3.63) is 58.1 Å². The van der Waals surface area contributed by atoms with Gasteiger partial charge in [0.15, 0.2) is 0 Å². The molecule has 0 aromatic heterocycles. The molecule has 1 amide bonds. The van der Waals surface area contributed by atoms with Crippen LogP contribution in [-0.2, 0) is 6.54 Å². The standard InChI is InChI=1S/C17H18BrNO3/c1-19(11-12-7-5-4-6-8-12)17(20)13-9-14(21-2)16(18)15(10-13)22-3/h4-10H,11H2,1-3H3. The Bertz CT molecular complexity index is 633. The minimum Gasteiger partial charge on any atom is -0.495 e. The van der Waals surface area contributed by atoms with Crippen LogP contribution in [0.15, 0.2) is 46.9 Å². The molecule has 0 saturated carbocycles. The van der Waals surface area contributed by atoms with Crippen LogP contribution in [0.4, 0.5) is 0 Å². The van der Waals surface area contributed by atoms with E-state index in [1.807, 2.05) is 30.3 Å². The minimum atomic E-state index is -0.0899. The van der Waals surface area contributed by atoms with Crippen LogP contribution in [0.2, 0.25) is 0 Å². The maximum atomic E-state index is 12.6. The van der Waals surface area contributed by atoms with Gasteiger partial charge in [0.25, 0.3) is 5.91 Å². The SMILES string of the molecule is COc1cc(C(=O)N(C)Cc2ccccc2)cc(OC)c1Br. The number of ether oxygens (including phenoxy) is 2. The molecule has 0 aliphatic heterocycles. The predicted octanol–water partition coefficient (Wildman–Crippen LogP) is 3.74. The molecule has 0 fully saturated rings. The maximum absolute atomic E-state index is 12.6. The molecule has 4 nitrogen and oxygen atoms in total. The lowest BCUT2D eigenvalue weighted by atomic mass is 10.1. The van der Waals surface area contributed by atoms with Gasteiger partial charge >= 0.3 is 0 Å². The highest BCUT2D eigenvalue weighted by Crippen LogP contribution is 2.35. The van der Waals surface area contributed by atoms with Crippen molar-refractivity contribution in [3.8, 4) is 11.5 Å². The highest BCUT2D eigenvalue weighted by molar-refractivity contribution is 9.10. The fraction of sp³-hybridized carbons (Fsp3) is 0.235. The molecular weight excluding hydrogens is 346 g/mol. The van der Waals surface area contributed by atoms with Gasteiger partial charge in [0.1, 0.15) is 16.0 Å². The van der Waals surface area contributed by atoms with Crippen LogP contribution >= 0.6 is 15.9 Å². The summed E-state index contributed by atoms with van der Waals surface area (Å²) >= 11 is 3.40. The summed E-state index contributed by atoms with van der Waals surface area (Å²) in [5.74, 6) is 1.04. The Morgan fingerprint density at radius 3 is 2.14 bits per heavy atom. The summed E-state index contributed by atoms with van der Waals surface area (Å²) in [6.07, 6.45) is 0. The molecule has 116 valence electrons. The third-order valence-electron chi connectivity index (χ3n) is 3.30. The molecule has 0 heterocycles. The second-order valence-electron chi connectivity index (χ2n) is 4.84. The van der Waals surface area contributed by atoms with Crippen LogP contribution in [0.1, 0.15) is 15.9 Å². The largest absolute Gasteiger partial charge is 0.495 e. The van der Waals surface area contributed by atoms with Gasteiger partial charge in [0.05, 0.1) is 14.2 Å². The topological polar surface area (TPSA) is 38.8 Å². The highest BCUT2D eigenvalue weighted by atomic mass is 79.9. The first-order valence-corrected chi connectivity index (χ1v) is 7.57. The van der Waals surface area contributed by atoms with E-state index in [1.165, 1.54) is 0 Å². The number of hydrogen-bond donors (Lipinski definition) is 0. The van der Waals surface area contributed by atoms with Gasteiger partial charge in [-0.05, 0) is 33.6 Å². The summed E-state index contributed by atoms with van der Waals surface area (Å²) in [5.41, 5.74) is 1.60. The van der Waals surface area contributed by atoms with Crippen LogP contribution < -0.4 is 9.47 Å². The van der Waals surface area contributed by atoms with Crippen LogP contribution in [0.25, 0.3) is 0 Å². The molecule has 22 heavy (non-hydrogen) atoms. The normalized spacial score (nSPS) is 10.2. The molecule has 0 atom stereocenters. The average Bonchev–Trinajstić information content (AvgIpc) is 2.55. The van der Waals surface area contributed by atoms with Gasteiger partial charge in [-0.2, -0.15) is 0 Å². The maximum Gasteiger partial charge on any atom is 0.254 e. The van der Waals surface area contributed by atoms with E-state index in [0.29, 0.717) is 28.1 Å². The monoisotopic (exact) mass is 363 g/mol. The molecule has 0 N–H and O–H groups in total. The Morgan fingerprint density at radius 1 is 1.09 bits per heavy atom. The molecule has 0 bridgehead atoms. The number of benzene rings is 2. The van der Waals surface area contributed by atoms with Crippen molar-refractivity contribution >= 4 is 21.8 Å². The summed E-state index contributed by atoms with van der Waals surface area (Å²) < 4.78 is 11.3. The predicted molar refractivity (Wildman–Crippen MR) is 89.5 cm³/mol. The van der Waals surface area contributed by atoms with Gasteiger partial charge < -0.3 is 14.4 Å². The number of amides is 1. The quantitative estimate of drug-likeness (QED) is 0.812. The molecule has 0 unspecified atom stereocenters. The van der Waals surface area contributed by atoms with Crippen molar-refractivity contribution < 1.29 is 14.3 Å². The smallest absolute Gasteiger partial charge is 0.254 e. The number of nitrogens with zero attached hydrogens (tertiary/aromatic N) is 1. The second kappa shape index (κ2) is 7.31.